The Bertz CT molecular complexity index is 802. The summed E-state index contributed by atoms with van der Waals surface area (Å²) in [5.41, 5.74) is 8.69. The summed E-state index contributed by atoms with van der Waals surface area (Å²) < 4.78 is 1.30. The number of rotatable bonds is 1. The summed E-state index contributed by atoms with van der Waals surface area (Å²) in [4.78, 5) is 15.7. The summed E-state index contributed by atoms with van der Waals surface area (Å²) in [6.45, 7) is 5.44. The molecule has 20 heavy (non-hydrogen) atoms. The third-order valence-electron chi connectivity index (χ3n) is 3.52. The molecule has 0 aliphatic carbocycles. The molecule has 1 heterocycles. The van der Waals surface area contributed by atoms with E-state index in [0.29, 0.717) is 22.3 Å². The fourth-order valence-corrected chi connectivity index (χ4v) is 2.19. The van der Waals surface area contributed by atoms with Crippen molar-refractivity contribution in [1.82, 2.24) is 9.55 Å². The van der Waals surface area contributed by atoms with Crippen molar-refractivity contribution in [2.45, 2.75) is 20.8 Å². The zero-order chi connectivity index (χ0) is 15.0. The first kappa shape index (κ1) is 13.9. The highest BCUT2D eigenvalue weighted by Crippen LogP contribution is 2.22. The topological polar surface area (TPSA) is 84.7 Å². The lowest BCUT2D eigenvalue weighted by molar-refractivity contribution is 0.907. The molecule has 0 saturated heterocycles. The van der Waals surface area contributed by atoms with E-state index in [1.165, 1.54) is 16.8 Å². The SMILES string of the molecule is [B]c1c(C)c(C)c(C#N)c(-n2ccc(N)nc2=O)c1C. The van der Waals surface area contributed by atoms with Crippen LogP contribution in [-0.4, -0.2) is 17.4 Å². The predicted octanol–water partition coefficient (Wildman–Crippen LogP) is 0.405. The van der Waals surface area contributed by atoms with E-state index in [2.05, 4.69) is 11.1 Å². The number of nitrogens with two attached hydrogens (primary N) is 1. The molecule has 0 unspecified atom stereocenters. The van der Waals surface area contributed by atoms with E-state index in [1.54, 1.807) is 6.92 Å². The summed E-state index contributed by atoms with van der Waals surface area (Å²) in [6, 6.07) is 3.65. The third kappa shape index (κ3) is 1.97. The molecule has 6 heteroatoms. The van der Waals surface area contributed by atoms with Gasteiger partial charge in [0, 0.05) is 6.20 Å². The van der Waals surface area contributed by atoms with Crippen molar-refractivity contribution in [3.63, 3.8) is 0 Å². The Balaban J connectivity index is 2.95. The van der Waals surface area contributed by atoms with Gasteiger partial charge in [0.2, 0.25) is 0 Å². The molecule has 0 amide bonds. The molecule has 0 spiro atoms. The maximum Gasteiger partial charge on any atom is 0.354 e. The Morgan fingerprint density at radius 3 is 2.50 bits per heavy atom. The van der Waals surface area contributed by atoms with Gasteiger partial charge in [-0.2, -0.15) is 10.2 Å². The van der Waals surface area contributed by atoms with E-state index < -0.39 is 5.69 Å². The summed E-state index contributed by atoms with van der Waals surface area (Å²) >= 11 is 0. The van der Waals surface area contributed by atoms with Gasteiger partial charge in [-0.1, -0.05) is 11.0 Å². The quantitative estimate of drug-likeness (QED) is 0.756. The van der Waals surface area contributed by atoms with Gasteiger partial charge in [-0.25, -0.2) is 4.79 Å². The van der Waals surface area contributed by atoms with Gasteiger partial charge in [-0.15, -0.1) is 0 Å². The molecule has 0 bridgehead atoms. The number of nitrogens with zero attached hydrogens (tertiary/aromatic N) is 3. The molecule has 0 aliphatic heterocycles. The second kappa shape index (κ2) is 4.85. The van der Waals surface area contributed by atoms with Crippen molar-refractivity contribution in [3.05, 3.63) is 45.0 Å². The molecule has 2 aromatic rings. The molecule has 0 fully saturated rings. The number of anilines is 1. The summed E-state index contributed by atoms with van der Waals surface area (Å²) in [5, 5.41) is 9.39. The fourth-order valence-electron chi connectivity index (χ4n) is 2.19. The van der Waals surface area contributed by atoms with Gasteiger partial charge in [0.15, 0.2) is 0 Å². The molecule has 2 radical (unpaired) electrons. The Morgan fingerprint density at radius 2 is 1.95 bits per heavy atom. The van der Waals surface area contributed by atoms with Crippen LogP contribution in [0, 0.1) is 32.1 Å². The molecule has 0 saturated carbocycles. The first-order valence-corrected chi connectivity index (χ1v) is 6.03. The van der Waals surface area contributed by atoms with Crippen LogP contribution < -0.4 is 16.9 Å². The van der Waals surface area contributed by atoms with Crippen LogP contribution in [0.4, 0.5) is 5.82 Å². The minimum absolute atomic E-state index is 0.138. The molecule has 1 aromatic carbocycles. The lowest BCUT2D eigenvalue weighted by atomic mass is 9.81. The van der Waals surface area contributed by atoms with E-state index in [4.69, 9.17) is 13.6 Å². The maximum absolute atomic E-state index is 12.0. The fraction of sp³-hybridized carbons (Fsp3) is 0.214. The Labute approximate surface area is 118 Å². The van der Waals surface area contributed by atoms with Crippen molar-refractivity contribution in [3.8, 4) is 11.8 Å². The van der Waals surface area contributed by atoms with Crippen LogP contribution in [0.15, 0.2) is 17.1 Å². The van der Waals surface area contributed by atoms with Crippen LogP contribution in [0.3, 0.4) is 0 Å². The Hall–Kier alpha value is -2.55. The minimum atomic E-state index is -0.535. The number of hydrogen-bond donors (Lipinski definition) is 1. The van der Waals surface area contributed by atoms with Gasteiger partial charge in [0.25, 0.3) is 0 Å². The molecule has 2 rings (SSSR count). The first-order chi connectivity index (χ1) is 9.38. The third-order valence-corrected chi connectivity index (χ3v) is 3.52. The predicted molar refractivity (Wildman–Crippen MR) is 78.6 cm³/mol. The lowest BCUT2D eigenvalue weighted by Crippen LogP contribution is -2.27. The van der Waals surface area contributed by atoms with E-state index in [-0.39, 0.29) is 5.82 Å². The minimum Gasteiger partial charge on any atom is -0.383 e. The molecule has 98 valence electrons. The number of aromatic nitrogens is 2. The number of nitrogen functional groups attached to an aromatic ring is 1. The smallest absolute Gasteiger partial charge is 0.354 e. The second-order valence-corrected chi connectivity index (χ2v) is 4.63. The first-order valence-electron chi connectivity index (χ1n) is 6.03. The standard InChI is InChI=1S/C14H13BN4O/c1-7-8(2)12(15)9(3)13(10(7)6-16)19-5-4-11(17)18-14(19)20/h4-5H,1-3H3,(H2,17,18,20). The summed E-state index contributed by atoms with van der Waals surface area (Å²) in [5.74, 6) is 0.138. The molecule has 5 nitrogen and oxygen atoms in total. The van der Waals surface area contributed by atoms with Crippen molar-refractivity contribution < 1.29 is 0 Å². The number of hydrogen-bond acceptors (Lipinski definition) is 4. The van der Waals surface area contributed by atoms with Crippen molar-refractivity contribution in [2.75, 3.05) is 5.73 Å². The highest BCUT2D eigenvalue weighted by atomic mass is 16.1. The van der Waals surface area contributed by atoms with E-state index >= 15 is 0 Å². The molecule has 0 atom stereocenters. The molecular weight excluding hydrogens is 251 g/mol. The van der Waals surface area contributed by atoms with Gasteiger partial charge in [0.05, 0.1) is 11.3 Å². The van der Waals surface area contributed by atoms with Gasteiger partial charge in [-0.05, 0) is 38.0 Å². The molecule has 1 aromatic heterocycles. The molecular formula is C14H13BN4O. The van der Waals surface area contributed by atoms with Crippen molar-refractivity contribution in [2.24, 2.45) is 0 Å². The maximum atomic E-state index is 12.0. The van der Waals surface area contributed by atoms with Crippen LogP contribution in [0.5, 0.6) is 0 Å². The average Bonchev–Trinajstić information content (AvgIpc) is 2.41. The zero-order valence-corrected chi connectivity index (χ0v) is 11.6. The van der Waals surface area contributed by atoms with E-state index in [1.807, 2.05) is 13.8 Å². The number of nitriles is 1. The number of benzene rings is 1. The average molecular weight is 264 g/mol. The normalized spacial score (nSPS) is 10.3. The summed E-state index contributed by atoms with van der Waals surface area (Å²) in [6.07, 6.45) is 1.50. The monoisotopic (exact) mass is 264 g/mol. The highest BCUT2D eigenvalue weighted by Gasteiger charge is 2.17. The van der Waals surface area contributed by atoms with Gasteiger partial charge >= 0.3 is 5.69 Å². The van der Waals surface area contributed by atoms with Gasteiger partial charge < -0.3 is 5.73 Å². The van der Waals surface area contributed by atoms with Crippen LogP contribution in [0.2, 0.25) is 0 Å². The van der Waals surface area contributed by atoms with Crippen molar-refractivity contribution >= 4 is 19.1 Å². The van der Waals surface area contributed by atoms with Crippen molar-refractivity contribution in [1.29, 1.82) is 5.26 Å². The lowest BCUT2D eigenvalue weighted by Gasteiger charge is -2.18. The Kier molecular flexibility index (Phi) is 3.37. The van der Waals surface area contributed by atoms with E-state index in [9.17, 15) is 10.1 Å². The second-order valence-electron chi connectivity index (χ2n) is 4.63. The van der Waals surface area contributed by atoms with Crippen LogP contribution in [0.1, 0.15) is 22.3 Å². The largest absolute Gasteiger partial charge is 0.383 e. The highest BCUT2D eigenvalue weighted by molar-refractivity contribution is 6.35. The Morgan fingerprint density at radius 1 is 1.30 bits per heavy atom. The van der Waals surface area contributed by atoms with Crippen LogP contribution in [-0.2, 0) is 0 Å². The van der Waals surface area contributed by atoms with Crippen LogP contribution >= 0.6 is 0 Å². The molecule has 0 aliphatic rings. The zero-order valence-electron chi connectivity index (χ0n) is 11.6. The van der Waals surface area contributed by atoms with Gasteiger partial charge in [-0.3, -0.25) is 4.57 Å². The van der Waals surface area contributed by atoms with Crippen LogP contribution in [0.25, 0.3) is 5.69 Å². The van der Waals surface area contributed by atoms with E-state index in [0.717, 1.165) is 11.1 Å². The summed E-state index contributed by atoms with van der Waals surface area (Å²) in [7, 11) is 6.05. The molecule has 2 N–H and O–H groups in total. The van der Waals surface area contributed by atoms with Gasteiger partial charge in [0.1, 0.15) is 19.7 Å².